The molecule has 1 heterocycles. The number of hydrogen-bond acceptors (Lipinski definition) is 3. The number of hydrogen-bond donors (Lipinski definition) is 2. The summed E-state index contributed by atoms with van der Waals surface area (Å²) >= 11 is 0. The third kappa shape index (κ3) is 2.54. The molecule has 3 rings (SSSR count). The van der Waals surface area contributed by atoms with Crippen LogP contribution >= 0.6 is 0 Å². The predicted octanol–water partition coefficient (Wildman–Crippen LogP) is 3.88. The fourth-order valence-electron chi connectivity index (χ4n) is 3.41. The monoisotopic (exact) mass is 310 g/mol. The van der Waals surface area contributed by atoms with Crippen LogP contribution in [-0.2, 0) is 4.79 Å². The van der Waals surface area contributed by atoms with Gasteiger partial charge in [0.2, 0.25) is 0 Å². The number of carbonyl (C=O) groups excluding carboxylic acids is 1. The number of allylic oxidation sites excluding steroid dienone is 2. The molecule has 4 nitrogen and oxygen atoms in total. The van der Waals surface area contributed by atoms with Gasteiger partial charge in [-0.15, -0.1) is 0 Å². The molecule has 1 aromatic heterocycles. The van der Waals surface area contributed by atoms with E-state index in [9.17, 15) is 4.79 Å². The summed E-state index contributed by atoms with van der Waals surface area (Å²) in [6.45, 7) is 8.01. The van der Waals surface area contributed by atoms with Crippen molar-refractivity contribution in [3.63, 3.8) is 0 Å². The lowest BCUT2D eigenvalue weighted by Gasteiger charge is -2.30. The van der Waals surface area contributed by atoms with Gasteiger partial charge in [0, 0.05) is 39.9 Å². The van der Waals surface area contributed by atoms with Crippen LogP contribution in [0.1, 0.15) is 37.9 Å². The van der Waals surface area contributed by atoms with E-state index < -0.39 is 0 Å². The van der Waals surface area contributed by atoms with Crippen molar-refractivity contribution in [3.05, 3.63) is 41.7 Å². The molecule has 0 saturated heterocycles. The molecule has 0 radical (unpaired) electrons. The minimum absolute atomic E-state index is 0.0885. The number of Topliss-reactive ketones (excluding diaryl/α,β-unsaturated/α-hetero) is 1. The van der Waals surface area contributed by atoms with Crippen LogP contribution in [0.2, 0.25) is 0 Å². The van der Waals surface area contributed by atoms with E-state index in [-0.39, 0.29) is 11.2 Å². The lowest BCUT2D eigenvalue weighted by Crippen LogP contribution is -2.28. The van der Waals surface area contributed by atoms with Crippen LogP contribution in [0.5, 0.6) is 5.75 Å². The van der Waals surface area contributed by atoms with E-state index in [0.29, 0.717) is 24.1 Å². The number of fused-ring (bicyclic) bond motifs is 1. The van der Waals surface area contributed by atoms with E-state index in [1.165, 1.54) is 0 Å². The molecule has 4 heteroatoms. The van der Waals surface area contributed by atoms with Crippen LogP contribution in [0.3, 0.4) is 0 Å². The van der Waals surface area contributed by atoms with Crippen LogP contribution in [-0.4, -0.2) is 17.9 Å². The zero-order chi connectivity index (χ0) is 16.8. The number of aromatic amines is 1. The summed E-state index contributed by atoms with van der Waals surface area (Å²) in [4.78, 5) is 16.1. The second-order valence-corrected chi connectivity index (χ2v) is 6.87. The third-order valence-electron chi connectivity index (χ3n) is 4.40. The minimum Gasteiger partial charge on any atom is -0.497 e. The molecule has 1 aliphatic rings. The molecule has 0 spiro atoms. The molecule has 0 bridgehead atoms. The summed E-state index contributed by atoms with van der Waals surface area (Å²) in [5, 5.41) is 0.935. The highest BCUT2D eigenvalue weighted by atomic mass is 16.5. The number of rotatable bonds is 3. The fourth-order valence-corrected chi connectivity index (χ4v) is 3.41. The number of methoxy groups -OCH3 is 1. The van der Waals surface area contributed by atoms with Gasteiger partial charge in [0.05, 0.1) is 7.11 Å². The summed E-state index contributed by atoms with van der Waals surface area (Å²) in [6, 6.07) is 5.76. The highest BCUT2D eigenvalue weighted by Crippen LogP contribution is 2.42. The number of carbonyl (C=O) groups is 1. The first-order valence-electron chi connectivity index (χ1n) is 7.70. The number of H-pyrrole nitrogens is 1. The smallest absolute Gasteiger partial charge is 0.165 e. The van der Waals surface area contributed by atoms with Crippen LogP contribution in [0, 0.1) is 5.41 Å². The van der Waals surface area contributed by atoms with Crippen LogP contribution < -0.4 is 10.5 Å². The number of nitrogens with one attached hydrogen (secondary N) is 1. The molecular formula is C19H22N2O2. The van der Waals surface area contributed by atoms with Gasteiger partial charge >= 0.3 is 0 Å². The van der Waals surface area contributed by atoms with Gasteiger partial charge in [-0.1, -0.05) is 20.4 Å². The first kappa shape index (κ1) is 15.4. The van der Waals surface area contributed by atoms with Crippen molar-refractivity contribution in [2.24, 2.45) is 11.1 Å². The van der Waals surface area contributed by atoms with Gasteiger partial charge in [-0.3, -0.25) is 4.79 Å². The molecule has 120 valence electrons. The molecular weight excluding hydrogens is 288 g/mol. The Hall–Kier alpha value is -2.49. The molecule has 0 atom stereocenters. The molecule has 0 unspecified atom stereocenters. The Kier molecular flexibility index (Phi) is 3.55. The molecule has 1 aliphatic carbocycles. The average Bonchev–Trinajstić information content (AvgIpc) is 2.83. The maximum atomic E-state index is 12.8. The van der Waals surface area contributed by atoms with Crippen molar-refractivity contribution in [1.82, 2.24) is 4.98 Å². The number of ketones is 1. The van der Waals surface area contributed by atoms with Gasteiger partial charge in [0.25, 0.3) is 0 Å². The van der Waals surface area contributed by atoms with Crippen molar-refractivity contribution in [1.29, 1.82) is 0 Å². The highest BCUT2D eigenvalue weighted by Gasteiger charge is 2.34. The van der Waals surface area contributed by atoms with Gasteiger partial charge in [-0.25, -0.2) is 0 Å². The van der Waals surface area contributed by atoms with Crippen molar-refractivity contribution in [2.45, 2.75) is 26.7 Å². The van der Waals surface area contributed by atoms with Crippen LogP contribution in [0.15, 0.2) is 30.5 Å². The summed E-state index contributed by atoms with van der Waals surface area (Å²) < 4.78 is 5.32. The largest absolute Gasteiger partial charge is 0.497 e. The number of aromatic nitrogens is 1. The summed E-state index contributed by atoms with van der Waals surface area (Å²) in [5.74, 6) is 0.835. The van der Waals surface area contributed by atoms with Gasteiger partial charge in [-0.2, -0.15) is 0 Å². The minimum atomic E-state index is -0.0944. The highest BCUT2D eigenvalue weighted by molar-refractivity contribution is 6.26. The Morgan fingerprint density at radius 2 is 2.09 bits per heavy atom. The standard InChI is InChI=1S/C19H22N2O2/c1-5-14-17(12-8-11(23-4)6-7-15(12)21-14)18-13(20)9-19(2,3)10-16(18)22/h5-8,21H,1,9-10,20H2,2-4H3. The Morgan fingerprint density at radius 3 is 2.70 bits per heavy atom. The Bertz CT molecular complexity index is 840. The number of ether oxygens (including phenoxy) is 1. The number of nitrogens with two attached hydrogens (primary N) is 1. The molecule has 1 aromatic carbocycles. The molecule has 3 N–H and O–H groups in total. The predicted molar refractivity (Wildman–Crippen MR) is 94.1 cm³/mol. The van der Waals surface area contributed by atoms with Gasteiger partial charge in [0.1, 0.15) is 5.75 Å². The second-order valence-electron chi connectivity index (χ2n) is 6.87. The fraction of sp³-hybridized carbons (Fsp3) is 0.316. The molecule has 2 aromatic rings. The van der Waals surface area contributed by atoms with E-state index >= 15 is 0 Å². The van der Waals surface area contributed by atoms with Gasteiger partial charge < -0.3 is 15.5 Å². The third-order valence-corrected chi connectivity index (χ3v) is 4.40. The Labute approximate surface area is 136 Å². The van der Waals surface area contributed by atoms with Crippen LogP contribution in [0.25, 0.3) is 22.6 Å². The zero-order valence-electron chi connectivity index (χ0n) is 13.8. The normalized spacial score (nSPS) is 17.6. The average molecular weight is 310 g/mol. The first-order chi connectivity index (χ1) is 10.9. The maximum absolute atomic E-state index is 12.8. The van der Waals surface area contributed by atoms with E-state index in [2.05, 4.69) is 25.4 Å². The molecule has 0 saturated carbocycles. The Balaban J connectivity index is 2.30. The first-order valence-corrected chi connectivity index (χ1v) is 7.70. The van der Waals surface area contributed by atoms with Gasteiger partial charge in [0.15, 0.2) is 5.78 Å². The van der Waals surface area contributed by atoms with Crippen molar-refractivity contribution in [3.8, 4) is 5.75 Å². The van der Waals surface area contributed by atoms with Crippen molar-refractivity contribution >= 4 is 28.3 Å². The van der Waals surface area contributed by atoms with E-state index in [1.54, 1.807) is 13.2 Å². The second kappa shape index (κ2) is 5.30. The summed E-state index contributed by atoms with van der Waals surface area (Å²) in [5.41, 5.74) is 10.1. The topological polar surface area (TPSA) is 68.1 Å². The lowest BCUT2D eigenvalue weighted by atomic mass is 9.74. The SMILES string of the molecule is C=Cc1[nH]c2ccc(OC)cc2c1C1=C(N)CC(C)(C)CC1=O. The van der Waals surface area contributed by atoms with E-state index in [0.717, 1.165) is 27.9 Å². The molecule has 23 heavy (non-hydrogen) atoms. The van der Waals surface area contributed by atoms with Crippen LogP contribution in [0.4, 0.5) is 0 Å². The molecule has 0 amide bonds. The van der Waals surface area contributed by atoms with Crippen molar-refractivity contribution in [2.75, 3.05) is 7.11 Å². The lowest BCUT2D eigenvalue weighted by molar-refractivity contribution is -0.116. The van der Waals surface area contributed by atoms with Gasteiger partial charge in [-0.05, 0) is 36.1 Å². The zero-order valence-corrected chi connectivity index (χ0v) is 13.8. The summed E-state index contributed by atoms with van der Waals surface area (Å²) in [6.07, 6.45) is 2.94. The number of benzene rings is 1. The Morgan fingerprint density at radius 1 is 1.35 bits per heavy atom. The van der Waals surface area contributed by atoms with Crippen molar-refractivity contribution < 1.29 is 9.53 Å². The van der Waals surface area contributed by atoms with E-state index in [4.69, 9.17) is 10.5 Å². The summed E-state index contributed by atoms with van der Waals surface area (Å²) in [7, 11) is 1.63. The molecule has 0 aliphatic heterocycles. The maximum Gasteiger partial charge on any atom is 0.165 e. The van der Waals surface area contributed by atoms with E-state index in [1.807, 2.05) is 18.2 Å². The quantitative estimate of drug-likeness (QED) is 0.904. The molecule has 0 fully saturated rings.